The van der Waals surface area contributed by atoms with Gasteiger partial charge in [-0.25, -0.2) is 8.42 Å². The van der Waals surface area contributed by atoms with Crippen LogP contribution in [-0.4, -0.2) is 44.9 Å². The van der Waals surface area contributed by atoms with E-state index in [9.17, 15) is 13.0 Å². The molecule has 1 aliphatic heterocycles. The van der Waals surface area contributed by atoms with Crippen LogP contribution in [0.1, 0.15) is 32.8 Å². The summed E-state index contributed by atoms with van der Waals surface area (Å²) >= 11 is 0. The number of hydrogen-bond acceptors (Lipinski definition) is 6. The van der Waals surface area contributed by atoms with Crippen molar-refractivity contribution in [2.24, 2.45) is 0 Å². The van der Waals surface area contributed by atoms with Gasteiger partial charge in [-0.2, -0.15) is 10.5 Å². The van der Waals surface area contributed by atoms with Gasteiger partial charge in [0.2, 0.25) is 0 Å². The number of para-hydroxylation sites is 1. The van der Waals surface area contributed by atoms with Crippen LogP contribution in [0.15, 0.2) is 66.4 Å². The van der Waals surface area contributed by atoms with Gasteiger partial charge in [0, 0.05) is 29.7 Å². The van der Waals surface area contributed by atoms with E-state index in [0.717, 1.165) is 16.8 Å². The first-order valence-electron chi connectivity index (χ1n) is 11.0. The van der Waals surface area contributed by atoms with Gasteiger partial charge in [-0.1, -0.05) is 36.4 Å². The molecule has 0 aliphatic carbocycles. The minimum atomic E-state index is -4.21. The Labute approximate surface area is 198 Å². The molecular formula is C25H32N4O3S. The molecule has 0 fully saturated rings. The van der Waals surface area contributed by atoms with E-state index in [1.165, 1.54) is 25.7 Å². The second-order valence-corrected chi connectivity index (χ2v) is 8.79. The van der Waals surface area contributed by atoms with E-state index in [0.29, 0.717) is 6.54 Å². The summed E-state index contributed by atoms with van der Waals surface area (Å²) in [7, 11) is -4.21. The number of hydrogen-bond donors (Lipinski definition) is 1. The molecule has 0 amide bonds. The molecule has 1 N–H and O–H groups in total. The molecule has 1 aromatic rings. The Kier molecular flexibility index (Phi) is 12.5. The number of nitriles is 2. The smallest absolute Gasteiger partial charge is 0.129 e. The van der Waals surface area contributed by atoms with E-state index in [2.05, 4.69) is 20.8 Å². The monoisotopic (exact) mass is 468 g/mol. The van der Waals surface area contributed by atoms with Gasteiger partial charge in [0.15, 0.2) is 0 Å². The first-order valence-corrected chi connectivity index (χ1v) is 12.6. The van der Waals surface area contributed by atoms with Gasteiger partial charge in [0.25, 0.3) is 0 Å². The Balaban J connectivity index is 0.000000675. The van der Waals surface area contributed by atoms with E-state index >= 15 is 0 Å². The Morgan fingerprint density at radius 2 is 1.73 bits per heavy atom. The Hall–Kier alpha value is -3.17. The third-order valence-electron chi connectivity index (χ3n) is 5.14. The zero-order valence-corrected chi connectivity index (χ0v) is 20.3. The highest BCUT2D eigenvalue weighted by Gasteiger charge is 2.15. The first kappa shape index (κ1) is 27.9. The molecule has 0 aromatic heterocycles. The lowest BCUT2D eigenvalue weighted by Crippen LogP contribution is -3.11. The molecule has 2 rings (SSSR count). The SMILES string of the molecule is CC[NH+](CC)CC.N#CC(C#N)=C/C=C/C=C1\C=CN(CCCS(=O)(=O)[O-])c2ccccc21. The van der Waals surface area contributed by atoms with Crippen LogP contribution in [0.4, 0.5) is 5.69 Å². The van der Waals surface area contributed by atoms with Crippen LogP contribution in [0.3, 0.4) is 0 Å². The van der Waals surface area contributed by atoms with E-state index in [-0.39, 0.29) is 12.0 Å². The van der Waals surface area contributed by atoms with Crippen molar-refractivity contribution >= 4 is 21.4 Å². The number of allylic oxidation sites excluding steroid dienone is 7. The molecule has 7 nitrogen and oxygen atoms in total. The molecule has 8 heteroatoms. The summed E-state index contributed by atoms with van der Waals surface area (Å²) in [6.07, 6.45) is 10.6. The van der Waals surface area contributed by atoms with Crippen LogP contribution in [0.25, 0.3) is 5.57 Å². The topological polar surface area (TPSA) is 112 Å². The lowest BCUT2D eigenvalue weighted by atomic mass is 9.99. The fourth-order valence-electron chi connectivity index (χ4n) is 3.22. The van der Waals surface area contributed by atoms with Crippen LogP contribution in [0.2, 0.25) is 0 Å². The van der Waals surface area contributed by atoms with Crippen molar-refractivity contribution in [2.45, 2.75) is 27.2 Å². The van der Waals surface area contributed by atoms with Gasteiger partial charge < -0.3 is 14.4 Å². The van der Waals surface area contributed by atoms with Crippen molar-refractivity contribution in [1.29, 1.82) is 10.5 Å². The summed E-state index contributed by atoms with van der Waals surface area (Å²) in [6, 6.07) is 11.2. The molecule has 1 aliphatic rings. The van der Waals surface area contributed by atoms with Gasteiger partial charge in [-0.05, 0) is 51.0 Å². The largest absolute Gasteiger partial charge is 0.748 e. The van der Waals surface area contributed by atoms with E-state index in [4.69, 9.17) is 10.5 Å². The summed E-state index contributed by atoms with van der Waals surface area (Å²) in [5.41, 5.74) is 2.85. The van der Waals surface area contributed by atoms with Gasteiger partial charge in [0.05, 0.1) is 29.8 Å². The number of rotatable bonds is 9. The summed E-state index contributed by atoms with van der Waals surface area (Å²) < 4.78 is 32.3. The maximum absolute atomic E-state index is 10.8. The highest BCUT2D eigenvalue weighted by Crippen LogP contribution is 2.32. The summed E-state index contributed by atoms with van der Waals surface area (Å²) in [4.78, 5) is 3.59. The second-order valence-electron chi connectivity index (χ2n) is 7.26. The van der Waals surface area contributed by atoms with Crippen molar-refractivity contribution in [1.82, 2.24) is 0 Å². The third-order valence-corrected chi connectivity index (χ3v) is 5.93. The fraction of sp³-hybridized carbons (Fsp3) is 0.360. The van der Waals surface area contributed by atoms with Crippen molar-refractivity contribution in [3.63, 3.8) is 0 Å². The summed E-state index contributed by atoms with van der Waals surface area (Å²) in [5, 5.41) is 17.4. The Morgan fingerprint density at radius 1 is 1.09 bits per heavy atom. The molecule has 0 unspecified atom stereocenters. The van der Waals surface area contributed by atoms with E-state index in [1.807, 2.05) is 47.5 Å². The zero-order chi connectivity index (χ0) is 24.7. The minimum absolute atomic E-state index is 0.0266. The highest BCUT2D eigenvalue weighted by atomic mass is 32.2. The van der Waals surface area contributed by atoms with E-state index in [1.54, 1.807) is 29.2 Å². The molecule has 0 radical (unpaired) electrons. The summed E-state index contributed by atoms with van der Waals surface area (Å²) in [5.74, 6) is -0.391. The van der Waals surface area contributed by atoms with Crippen molar-refractivity contribution in [3.05, 3.63) is 72.0 Å². The molecular weight excluding hydrogens is 436 g/mol. The quantitative estimate of drug-likeness (QED) is 0.339. The fourth-order valence-corrected chi connectivity index (χ4v) is 3.70. The predicted molar refractivity (Wildman–Crippen MR) is 131 cm³/mol. The number of fused-ring (bicyclic) bond motifs is 1. The van der Waals surface area contributed by atoms with Crippen LogP contribution in [-0.2, 0) is 10.1 Å². The van der Waals surface area contributed by atoms with Gasteiger partial charge >= 0.3 is 0 Å². The molecule has 1 aromatic carbocycles. The maximum Gasteiger partial charge on any atom is 0.129 e. The van der Waals surface area contributed by atoms with Crippen molar-refractivity contribution in [3.8, 4) is 12.1 Å². The lowest BCUT2D eigenvalue weighted by molar-refractivity contribution is -0.894. The summed E-state index contributed by atoms with van der Waals surface area (Å²) in [6.45, 7) is 10.9. The minimum Gasteiger partial charge on any atom is -0.748 e. The molecule has 0 saturated heterocycles. The molecule has 0 saturated carbocycles. The van der Waals surface area contributed by atoms with Gasteiger partial charge in [-0.3, -0.25) is 0 Å². The van der Waals surface area contributed by atoms with E-state index < -0.39 is 15.9 Å². The third kappa shape index (κ3) is 10.3. The highest BCUT2D eigenvalue weighted by molar-refractivity contribution is 7.85. The van der Waals surface area contributed by atoms with Gasteiger partial charge in [0.1, 0.15) is 17.7 Å². The Morgan fingerprint density at radius 3 is 2.27 bits per heavy atom. The first-order chi connectivity index (χ1) is 15.8. The predicted octanol–water partition coefficient (Wildman–Crippen LogP) is 2.80. The number of anilines is 1. The average Bonchev–Trinajstić information content (AvgIpc) is 2.81. The molecule has 0 atom stereocenters. The van der Waals surface area contributed by atoms with Crippen molar-refractivity contribution in [2.75, 3.05) is 36.8 Å². The van der Waals surface area contributed by atoms with Gasteiger partial charge in [-0.15, -0.1) is 0 Å². The van der Waals surface area contributed by atoms with Crippen LogP contribution < -0.4 is 9.80 Å². The number of benzene rings is 1. The number of nitrogens with zero attached hydrogens (tertiary/aromatic N) is 3. The zero-order valence-electron chi connectivity index (χ0n) is 19.5. The molecule has 33 heavy (non-hydrogen) atoms. The average molecular weight is 469 g/mol. The van der Waals surface area contributed by atoms with Crippen LogP contribution in [0.5, 0.6) is 0 Å². The molecule has 0 spiro atoms. The molecule has 1 heterocycles. The standard InChI is InChI=1S/C19H17N3O3S.C6H15N/c20-14-16(15-21)6-1-2-7-17-10-12-22(11-5-13-26(23,24)25)19-9-4-3-8-18(17)19;1-4-7(5-2)6-3/h1-4,6-10,12H,5,11,13H2,(H,23,24,25);4-6H2,1-3H3/b2-1+,17-7+;. The number of quaternary nitrogens is 1. The maximum atomic E-state index is 10.8. The second kappa shape index (κ2) is 14.8. The normalized spacial score (nSPS) is 13.8. The number of nitrogens with one attached hydrogen (secondary N) is 1. The molecule has 176 valence electrons. The van der Waals surface area contributed by atoms with Crippen LogP contribution >= 0.6 is 0 Å². The lowest BCUT2D eigenvalue weighted by Gasteiger charge is -2.27. The molecule has 0 bridgehead atoms. The Bertz CT molecular complexity index is 1050. The van der Waals surface area contributed by atoms with Crippen LogP contribution in [0, 0.1) is 22.7 Å². The van der Waals surface area contributed by atoms with Crippen molar-refractivity contribution < 1.29 is 17.9 Å².